The fourth-order valence-electron chi connectivity index (χ4n) is 1.68. The van der Waals surface area contributed by atoms with E-state index in [1.54, 1.807) is 0 Å². The van der Waals surface area contributed by atoms with Crippen molar-refractivity contribution in [1.29, 1.82) is 0 Å². The fourth-order valence-corrected chi connectivity index (χ4v) is 1.68. The van der Waals surface area contributed by atoms with Crippen molar-refractivity contribution >= 4 is 5.97 Å². The minimum atomic E-state index is -0.899. The summed E-state index contributed by atoms with van der Waals surface area (Å²) in [7, 11) is 1.25. The van der Waals surface area contributed by atoms with Gasteiger partial charge in [0.25, 0.3) is 0 Å². The average molecular weight is 265 g/mol. The van der Waals surface area contributed by atoms with E-state index in [4.69, 9.17) is 4.74 Å². The quantitative estimate of drug-likeness (QED) is 0.412. The van der Waals surface area contributed by atoms with E-state index >= 15 is 0 Å². The van der Waals surface area contributed by atoms with Crippen LogP contribution in [0, 0.1) is 11.8 Å². The van der Waals surface area contributed by atoms with E-state index in [0.29, 0.717) is 19.4 Å². The molecule has 0 spiro atoms. The number of hydrogen-bond donors (Lipinski definition) is 0. The Morgan fingerprint density at radius 2 is 2.16 bits per heavy atom. The molecule has 0 fully saturated rings. The molecule has 0 aliphatic rings. The number of hydrogen-bond acceptors (Lipinski definition) is 5. The predicted molar refractivity (Wildman–Crippen MR) is 72.1 cm³/mol. The van der Waals surface area contributed by atoms with Gasteiger partial charge in [-0.3, -0.25) is 0 Å². The Bertz CT molecular complexity index is 420. The summed E-state index contributed by atoms with van der Waals surface area (Å²) in [6, 6.07) is 6.91. The number of carbonyl (C=O) groups excluding carboxylic acids is 1. The van der Waals surface area contributed by atoms with Gasteiger partial charge >= 0.3 is 5.97 Å². The van der Waals surface area contributed by atoms with Crippen molar-refractivity contribution in [2.24, 2.45) is 5.18 Å². The third kappa shape index (κ3) is 5.50. The molecule has 0 heterocycles. The highest BCUT2D eigenvalue weighted by Gasteiger charge is 2.18. The molecule has 0 amide bonds. The highest BCUT2D eigenvalue weighted by atomic mass is 16.5. The molecule has 0 N–H and O–H groups in total. The van der Waals surface area contributed by atoms with Gasteiger partial charge in [-0.15, -0.1) is 4.91 Å². The van der Waals surface area contributed by atoms with Gasteiger partial charge in [-0.05, 0) is 43.9 Å². The van der Waals surface area contributed by atoms with E-state index in [9.17, 15) is 9.70 Å². The SMILES string of the molecule is COC(=O)C(CCCCOc1cccc(C)c1)N=O. The van der Waals surface area contributed by atoms with Crippen molar-refractivity contribution in [2.75, 3.05) is 13.7 Å². The highest BCUT2D eigenvalue weighted by molar-refractivity contribution is 5.75. The molecule has 1 aromatic rings. The normalized spacial score (nSPS) is 11.7. The molecule has 1 atom stereocenters. The first-order valence-electron chi connectivity index (χ1n) is 6.27. The van der Waals surface area contributed by atoms with Crippen molar-refractivity contribution in [3.63, 3.8) is 0 Å². The largest absolute Gasteiger partial charge is 0.494 e. The first kappa shape index (κ1) is 15.1. The summed E-state index contributed by atoms with van der Waals surface area (Å²) in [6.45, 7) is 2.56. The molecule has 0 aliphatic carbocycles. The van der Waals surface area contributed by atoms with Crippen LogP contribution in [-0.4, -0.2) is 25.7 Å². The van der Waals surface area contributed by atoms with E-state index in [0.717, 1.165) is 17.7 Å². The molecule has 0 saturated carbocycles. The zero-order valence-corrected chi connectivity index (χ0v) is 11.3. The summed E-state index contributed by atoms with van der Waals surface area (Å²) in [5.74, 6) is 0.257. The zero-order chi connectivity index (χ0) is 14.1. The molecule has 0 saturated heterocycles. The van der Waals surface area contributed by atoms with E-state index in [1.807, 2.05) is 31.2 Å². The Labute approximate surface area is 112 Å². The number of rotatable bonds is 8. The molecule has 0 bridgehead atoms. The minimum Gasteiger partial charge on any atom is -0.494 e. The Morgan fingerprint density at radius 1 is 1.37 bits per heavy atom. The van der Waals surface area contributed by atoms with Gasteiger partial charge < -0.3 is 9.47 Å². The number of nitrogens with zero attached hydrogens (tertiary/aromatic N) is 1. The van der Waals surface area contributed by atoms with Crippen LogP contribution in [0.5, 0.6) is 5.75 Å². The number of esters is 1. The van der Waals surface area contributed by atoms with Crippen LogP contribution in [0.3, 0.4) is 0 Å². The van der Waals surface area contributed by atoms with Crippen LogP contribution in [0.1, 0.15) is 24.8 Å². The van der Waals surface area contributed by atoms with Gasteiger partial charge in [0.2, 0.25) is 0 Å². The van der Waals surface area contributed by atoms with E-state index in [-0.39, 0.29) is 0 Å². The Kier molecular flexibility index (Phi) is 6.57. The number of unbranched alkanes of at least 4 members (excludes halogenated alkanes) is 1. The first-order chi connectivity index (χ1) is 9.17. The van der Waals surface area contributed by atoms with Crippen molar-refractivity contribution in [2.45, 2.75) is 32.2 Å². The van der Waals surface area contributed by atoms with Crippen LogP contribution in [-0.2, 0) is 9.53 Å². The molecule has 104 valence electrons. The Morgan fingerprint density at radius 3 is 2.79 bits per heavy atom. The fraction of sp³-hybridized carbons (Fsp3) is 0.500. The summed E-state index contributed by atoms with van der Waals surface area (Å²) in [4.78, 5) is 21.6. The summed E-state index contributed by atoms with van der Waals surface area (Å²) < 4.78 is 10.0. The molecule has 0 aliphatic heterocycles. The van der Waals surface area contributed by atoms with Crippen LogP contribution in [0.25, 0.3) is 0 Å². The van der Waals surface area contributed by atoms with Crippen LogP contribution < -0.4 is 4.74 Å². The third-order valence-corrected chi connectivity index (χ3v) is 2.73. The van der Waals surface area contributed by atoms with Gasteiger partial charge in [0, 0.05) is 0 Å². The van der Waals surface area contributed by atoms with Crippen LogP contribution in [0.15, 0.2) is 29.4 Å². The maximum absolute atomic E-state index is 11.1. The smallest absolute Gasteiger partial charge is 0.334 e. The second-order valence-electron chi connectivity index (χ2n) is 4.31. The van der Waals surface area contributed by atoms with Gasteiger partial charge in [-0.2, -0.15) is 0 Å². The highest BCUT2D eigenvalue weighted by Crippen LogP contribution is 2.13. The third-order valence-electron chi connectivity index (χ3n) is 2.73. The maximum atomic E-state index is 11.1. The molecule has 1 unspecified atom stereocenters. The molecule has 0 radical (unpaired) electrons. The zero-order valence-electron chi connectivity index (χ0n) is 11.3. The van der Waals surface area contributed by atoms with Gasteiger partial charge in [0.05, 0.1) is 13.7 Å². The number of methoxy groups -OCH3 is 1. The van der Waals surface area contributed by atoms with Crippen LogP contribution in [0.4, 0.5) is 0 Å². The topological polar surface area (TPSA) is 65.0 Å². The lowest BCUT2D eigenvalue weighted by molar-refractivity contribution is -0.142. The standard InChI is InChI=1S/C14H19NO4/c1-11-6-5-7-12(10-11)19-9-4-3-8-13(15-17)14(16)18-2/h5-7,10,13H,3-4,8-9H2,1-2H3. The van der Waals surface area contributed by atoms with Crippen LogP contribution in [0.2, 0.25) is 0 Å². The molecule has 5 nitrogen and oxygen atoms in total. The molecular formula is C14H19NO4. The number of aryl methyl sites for hydroxylation is 1. The van der Waals surface area contributed by atoms with Gasteiger partial charge in [0.1, 0.15) is 5.75 Å². The van der Waals surface area contributed by atoms with Gasteiger partial charge in [-0.1, -0.05) is 17.3 Å². The van der Waals surface area contributed by atoms with E-state index < -0.39 is 12.0 Å². The molecule has 5 heteroatoms. The van der Waals surface area contributed by atoms with Crippen molar-refractivity contribution < 1.29 is 14.3 Å². The molecule has 0 aromatic heterocycles. The Hall–Kier alpha value is -1.91. The Balaban J connectivity index is 2.20. The number of carbonyl (C=O) groups is 1. The van der Waals surface area contributed by atoms with Gasteiger partial charge in [-0.25, -0.2) is 4.79 Å². The summed E-state index contributed by atoms with van der Waals surface area (Å²) in [6.07, 6.45) is 1.85. The average Bonchev–Trinajstić information content (AvgIpc) is 2.42. The lowest BCUT2D eigenvalue weighted by atomic mass is 10.1. The molecular weight excluding hydrogens is 246 g/mol. The van der Waals surface area contributed by atoms with Crippen LogP contribution >= 0.6 is 0 Å². The predicted octanol–water partition coefficient (Wildman–Crippen LogP) is 2.85. The maximum Gasteiger partial charge on any atom is 0.334 e. The van der Waals surface area contributed by atoms with E-state index in [2.05, 4.69) is 9.91 Å². The number of benzene rings is 1. The summed E-state index contributed by atoms with van der Waals surface area (Å²) in [5.41, 5.74) is 1.15. The second-order valence-corrected chi connectivity index (χ2v) is 4.31. The van der Waals surface area contributed by atoms with Crippen molar-refractivity contribution in [1.82, 2.24) is 0 Å². The monoisotopic (exact) mass is 265 g/mol. The number of ether oxygens (including phenoxy) is 2. The summed E-state index contributed by atoms with van der Waals surface area (Å²) in [5, 5.41) is 2.76. The lowest BCUT2D eigenvalue weighted by Crippen LogP contribution is -2.19. The number of nitroso groups, excluding NO2 is 1. The summed E-state index contributed by atoms with van der Waals surface area (Å²) >= 11 is 0. The first-order valence-corrected chi connectivity index (χ1v) is 6.27. The van der Waals surface area contributed by atoms with Gasteiger partial charge in [0.15, 0.2) is 6.04 Å². The molecule has 19 heavy (non-hydrogen) atoms. The molecule has 1 aromatic carbocycles. The van der Waals surface area contributed by atoms with Crippen molar-refractivity contribution in [3.8, 4) is 5.75 Å². The minimum absolute atomic E-state index is 0.396. The lowest BCUT2D eigenvalue weighted by Gasteiger charge is -2.08. The van der Waals surface area contributed by atoms with Crippen molar-refractivity contribution in [3.05, 3.63) is 34.7 Å². The van der Waals surface area contributed by atoms with E-state index in [1.165, 1.54) is 7.11 Å². The molecule has 1 rings (SSSR count). The second kappa shape index (κ2) is 8.24.